The molecule has 0 radical (unpaired) electrons. The van der Waals surface area contributed by atoms with Gasteiger partial charge in [0, 0.05) is 25.4 Å². The van der Waals surface area contributed by atoms with Crippen LogP contribution < -0.4 is 10.1 Å². The molecule has 130 valence electrons. The van der Waals surface area contributed by atoms with E-state index in [4.69, 9.17) is 9.47 Å². The summed E-state index contributed by atoms with van der Waals surface area (Å²) in [6, 6.07) is 7.70. The van der Waals surface area contributed by atoms with Crippen LogP contribution in [0.15, 0.2) is 36.7 Å². The summed E-state index contributed by atoms with van der Waals surface area (Å²) in [6.45, 7) is 2.76. The number of ether oxygens (including phenoxy) is 2. The molecule has 0 bridgehead atoms. The molecule has 3 aromatic rings. The Morgan fingerprint density at radius 3 is 2.64 bits per heavy atom. The standard InChI is InChI=1S/C18H20N4O3/c1-12-15(18(23)19-8-9-24-2)10-20-17-16(11-21-22(12)17)13-4-6-14(25-3)7-5-13/h4-7,10-11H,8-9H2,1-3H3,(H,19,23). The first-order valence-electron chi connectivity index (χ1n) is 7.90. The number of hydrogen-bond acceptors (Lipinski definition) is 5. The van der Waals surface area contributed by atoms with E-state index < -0.39 is 0 Å². The van der Waals surface area contributed by atoms with Crippen molar-refractivity contribution in [3.05, 3.63) is 47.9 Å². The summed E-state index contributed by atoms with van der Waals surface area (Å²) < 4.78 is 11.8. The molecule has 0 saturated carbocycles. The largest absolute Gasteiger partial charge is 0.497 e. The number of rotatable bonds is 6. The van der Waals surface area contributed by atoms with Crippen LogP contribution in [0.2, 0.25) is 0 Å². The first kappa shape index (κ1) is 16.9. The predicted octanol–water partition coefficient (Wildman–Crippen LogP) is 2.09. The molecule has 7 nitrogen and oxygen atoms in total. The molecule has 0 atom stereocenters. The number of nitrogens with zero attached hydrogens (tertiary/aromatic N) is 3. The SMILES string of the molecule is COCCNC(=O)c1cnc2c(-c3ccc(OC)cc3)cnn2c1C. The van der Waals surface area contributed by atoms with Crippen molar-refractivity contribution in [1.82, 2.24) is 19.9 Å². The average Bonchev–Trinajstić information content (AvgIpc) is 3.07. The number of hydrogen-bond donors (Lipinski definition) is 1. The van der Waals surface area contributed by atoms with Gasteiger partial charge in [-0.3, -0.25) is 4.79 Å². The molecule has 0 aliphatic rings. The van der Waals surface area contributed by atoms with E-state index in [-0.39, 0.29) is 5.91 Å². The summed E-state index contributed by atoms with van der Waals surface area (Å²) in [4.78, 5) is 16.7. The second kappa shape index (κ2) is 7.31. The first-order chi connectivity index (χ1) is 12.2. The number of amides is 1. The molecular weight excluding hydrogens is 320 g/mol. The highest BCUT2D eigenvalue weighted by Crippen LogP contribution is 2.26. The Bertz CT molecular complexity index is 887. The molecule has 2 aromatic heterocycles. The van der Waals surface area contributed by atoms with E-state index in [1.54, 1.807) is 31.1 Å². The van der Waals surface area contributed by atoms with Crippen molar-refractivity contribution in [2.45, 2.75) is 6.92 Å². The van der Waals surface area contributed by atoms with Crippen molar-refractivity contribution < 1.29 is 14.3 Å². The average molecular weight is 340 g/mol. The highest BCUT2D eigenvalue weighted by Gasteiger charge is 2.16. The molecule has 1 N–H and O–H groups in total. The maximum atomic E-state index is 12.3. The van der Waals surface area contributed by atoms with Crippen LogP contribution in [0.25, 0.3) is 16.8 Å². The Hall–Kier alpha value is -2.93. The lowest BCUT2D eigenvalue weighted by atomic mass is 10.1. The van der Waals surface area contributed by atoms with Gasteiger partial charge >= 0.3 is 0 Å². The maximum absolute atomic E-state index is 12.3. The lowest BCUT2D eigenvalue weighted by molar-refractivity contribution is 0.0935. The number of carbonyl (C=O) groups excluding carboxylic acids is 1. The molecule has 0 aliphatic carbocycles. The van der Waals surface area contributed by atoms with Crippen LogP contribution in [0.5, 0.6) is 5.75 Å². The smallest absolute Gasteiger partial charge is 0.254 e. The molecule has 0 unspecified atom stereocenters. The fraction of sp³-hybridized carbons (Fsp3) is 0.278. The zero-order chi connectivity index (χ0) is 17.8. The molecule has 0 fully saturated rings. The van der Waals surface area contributed by atoms with Gasteiger partial charge < -0.3 is 14.8 Å². The first-order valence-corrected chi connectivity index (χ1v) is 7.90. The van der Waals surface area contributed by atoms with Crippen LogP contribution in [-0.2, 0) is 4.74 Å². The topological polar surface area (TPSA) is 77.8 Å². The summed E-state index contributed by atoms with van der Waals surface area (Å²) in [5.74, 6) is 0.602. The normalized spacial score (nSPS) is 10.8. The zero-order valence-corrected chi connectivity index (χ0v) is 14.4. The van der Waals surface area contributed by atoms with Gasteiger partial charge in [0.1, 0.15) is 5.75 Å². The summed E-state index contributed by atoms with van der Waals surface area (Å²) in [5.41, 5.74) is 3.82. The molecule has 1 aromatic carbocycles. The van der Waals surface area contributed by atoms with Crippen LogP contribution >= 0.6 is 0 Å². The second-order valence-electron chi connectivity index (χ2n) is 5.53. The van der Waals surface area contributed by atoms with Crippen molar-refractivity contribution in [3.63, 3.8) is 0 Å². The maximum Gasteiger partial charge on any atom is 0.254 e. The third kappa shape index (κ3) is 3.32. The van der Waals surface area contributed by atoms with Gasteiger partial charge in [-0.25, -0.2) is 9.50 Å². The number of aromatic nitrogens is 3. The summed E-state index contributed by atoms with van der Waals surface area (Å²) in [5, 5.41) is 7.19. The third-order valence-electron chi connectivity index (χ3n) is 4.00. The fourth-order valence-electron chi connectivity index (χ4n) is 2.60. The van der Waals surface area contributed by atoms with Crippen LogP contribution in [0, 0.1) is 6.92 Å². The molecular formula is C18H20N4O3. The second-order valence-corrected chi connectivity index (χ2v) is 5.53. The van der Waals surface area contributed by atoms with Crippen molar-refractivity contribution in [1.29, 1.82) is 0 Å². The number of nitrogens with one attached hydrogen (secondary N) is 1. The number of aryl methyl sites for hydroxylation is 1. The molecule has 7 heteroatoms. The molecule has 3 rings (SSSR count). The van der Waals surface area contributed by atoms with Gasteiger partial charge in [-0.1, -0.05) is 12.1 Å². The van der Waals surface area contributed by atoms with Gasteiger partial charge in [0.25, 0.3) is 5.91 Å². The molecule has 0 aliphatic heterocycles. The van der Waals surface area contributed by atoms with Gasteiger partial charge in [0.15, 0.2) is 5.65 Å². The monoisotopic (exact) mass is 340 g/mol. The Morgan fingerprint density at radius 1 is 1.20 bits per heavy atom. The number of carbonyl (C=O) groups is 1. The predicted molar refractivity (Wildman–Crippen MR) is 93.9 cm³/mol. The molecule has 1 amide bonds. The Balaban J connectivity index is 1.94. The van der Waals surface area contributed by atoms with Crippen molar-refractivity contribution >= 4 is 11.6 Å². The number of benzene rings is 1. The van der Waals surface area contributed by atoms with E-state index in [1.165, 1.54) is 0 Å². The minimum Gasteiger partial charge on any atom is -0.497 e. The van der Waals surface area contributed by atoms with Crippen LogP contribution in [-0.4, -0.2) is 47.9 Å². The van der Waals surface area contributed by atoms with Crippen molar-refractivity contribution in [2.24, 2.45) is 0 Å². The van der Waals surface area contributed by atoms with E-state index in [2.05, 4.69) is 15.4 Å². The number of methoxy groups -OCH3 is 2. The highest BCUT2D eigenvalue weighted by molar-refractivity contribution is 5.95. The fourth-order valence-corrected chi connectivity index (χ4v) is 2.60. The lowest BCUT2D eigenvalue weighted by Gasteiger charge is -2.09. The molecule has 25 heavy (non-hydrogen) atoms. The quantitative estimate of drug-likeness (QED) is 0.695. The summed E-state index contributed by atoms with van der Waals surface area (Å²) in [7, 11) is 3.23. The molecule has 0 saturated heterocycles. The van der Waals surface area contributed by atoms with Crippen molar-refractivity contribution in [3.8, 4) is 16.9 Å². The Labute approximate surface area is 145 Å². The Kier molecular flexibility index (Phi) is 4.95. The van der Waals surface area contributed by atoms with E-state index in [0.29, 0.717) is 24.4 Å². The van der Waals surface area contributed by atoms with Gasteiger partial charge in [0.2, 0.25) is 0 Å². The van der Waals surface area contributed by atoms with E-state index in [1.807, 2.05) is 31.2 Å². The molecule has 0 spiro atoms. The number of fused-ring (bicyclic) bond motifs is 1. The minimum atomic E-state index is -0.189. The van der Waals surface area contributed by atoms with Crippen LogP contribution in [0.1, 0.15) is 16.1 Å². The lowest BCUT2D eigenvalue weighted by Crippen LogP contribution is -2.28. The van der Waals surface area contributed by atoms with E-state index in [0.717, 1.165) is 22.6 Å². The van der Waals surface area contributed by atoms with Crippen molar-refractivity contribution in [2.75, 3.05) is 27.4 Å². The minimum absolute atomic E-state index is 0.189. The van der Waals surface area contributed by atoms with Gasteiger partial charge in [-0.15, -0.1) is 0 Å². The van der Waals surface area contributed by atoms with E-state index in [9.17, 15) is 4.79 Å². The summed E-state index contributed by atoms with van der Waals surface area (Å²) in [6.07, 6.45) is 3.34. The van der Waals surface area contributed by atoms with Gasteiger partial charge in [-0.2, -0.15) is 5.10 Å². The molecule has 2 heterocycles. The van der Waals surface area contributed by atoms with Crippen LogP contribution in [0.4, 0.5) is 0 Å². The third-order valence-corrected chi connectivity index (χ3v) is 4.00. The van der Waals surface area contributed by atoms with Crippen LogP contribution in [0.3, 0.4) is 0 Å². The van der Waals surface area contributed by atoms with Gasteiger partial charge in [0.05, 0.1) is 31.2 Å². The Morgan fingerprint density at radius 2 is 1.96 bits per heavy atom. The zero-order valence-electron chi connectivity index (χ0n) is 14.4. The van der Waals surface area contributed by atoms with Gasteiger partial charge in [-0.05, 0) is 24.6 Å². The van der Waals surface area contributed by atoms with E-state index >= 15 is 0 Å². The highest BCUT2D eigenvalue weighted by atomic mass is 16.5. The summed E-state index contributed by atoms with van der Waals surface area (Å²) >= 11 is 0.